The maximum Gasteiger partial charge on any atom is 0.179 e. The molecule has 1 atom stereocenters. The summed E-state index contributed by atoms with van der Waals surface area (Å²) in [7, 11) is 0. The molecule has 6 rings (SSSR count). The van der Waals surface area contributed by atoms with Gasteiger partial charge in [0.2, 0.25) is 0 Å². The van der Waals surface area contributed by atoms with Crippen LogP contribution in [0.1, 0.15) is 32.3 Å². The second-order valence-corrected chi connectivity index (χ2v) is 9.39. The van der Waals surface area contributed by atoms with E-state index in [-0.39, 0.29) is 6.17 Å². The van der Waals surface area contributed by atoms with Crippen molar-refractivity contribution < 1.29 is 0 Å². The molecule has 1 unspecified atom stereocenters. The van der Waals surface area contributed by atoms with Crippen LogP contribution in [-0.2, 0) is 6.42 Å². The molecule has 0 N–H and O–H groups in total. The zero-order valence-corrected chi connectivity index (χ0v) is 21.7. The molecule has 1 aliphatic heterocycles. The molecule has 5 aromatic rings. The summed E-state index contributed by atoms with van der Waals surface area (Å²) < 4.78 is 0. The Bertz CT molecular complexity index is 1520. The lowest BCUT2D eigenvalue weighted by Gasteiger charge is -2.32. The highest BCUT2D eigenvalue weighted by Gasteiger charge is 2.41. The lowest BCUT2D eigenvalue weighted by Crippen LogP contribution is -2.38. The van der Waals surface area contributed by atoms with Crippen LogP contribution in [0.3, 0.4) is 0 Å². The van der Waals surface area contributed by atoms with Gasteiger partial charge in [-0.15, -0.1) is 0 Å². The van der Waals surface area contributed by atoms with Crippen LogP contribution in [0.5, 0.6) is 0 Å². The smallest absolute Gasteiger partial charge is 0.179 e. The van der Waals surface area contributed by atoms with Crippen molar-refractivity contribution in [1.29, 1.82) is 0 Å². The summed E-state index contributed by atoms with van der Waals surface area (Å²) in [6.45, 7) is 4.45. The molecule has 0 radical (unpaired) electrons. The van der Waals surface area contributed by atoms with Crippen molar-refractivity contribution in [1.82, 2.24) is 19.9 Å². The number of hydrogen-bond acceptors (Lipinski definition) is 6. The number of aryl methyl sites for hydroxylation is 1. The zero-order chi connectivity index (χ0) is 25.9. The van der Waals surface area contributed by atoms with E-state index in [0.29, 0.717) is 0 Å². The lowest BCUT2D eigenvalue weighted by atomic mass is 10.1. The number of nitrogens with zero attached hydrogens (tertiary/aromatic N) is 6. The fourth-order valence-corrected chi connectivity index (χ4v) is 5.30. The van der Waals surface area contributed by atoms with Crippen LogP contribution in [0.4, 0.5) is 23.0 Å². The van der Waals surface area contributed by atoms with Crippen molar-refractivity contribution in [2.45, 2.75) is 39.3 Å². The molecule has 2 aromatic carbocycles. The SMILES string of the molecule is CCCc1ccccc1N1c2nc(-c3cccnc3)c(-c3cccnc3)nc2N(c2ccccc2)C1CC. The Morgan fingerprint density at radius 1 is 0.658 bits per heavy atom. The molecule has 6 heteroatoms. The summed E-state index contributed by atoms with van der Waals surface area (Å²) >= 11 is 0. The fourth-order valence-electron chi connectivity index (χ4n) is 5.30. The monoisotopic (exact) mass is 498 g/mol. The summed E-state index contributed by atoms with van der Waals surface area (Å²) in [5.74, 6) is 1.71. The molecule has 0 fully saturated rings. The summed E-state index contributed by atoms with van der Waals surface area (Å²) in [6.07, 6.45) is 10.3. The average molecular weight is 499 g/mol. The summed E-state index contributed by atoms with van der Waals surface area (Å²) in [4.78, 5) is 24.2. The highest BCUT2D eigenvalue weighted by Crippen LogP contribution is 2.49. The van der Waals surface area contributed by atoms with E-state index in [2.05, 4.69) is 82.1 Å². The number of benzene rings is 2. The van der Waals surface area contributed by atoms with E-state index in [1.807, 2.05) is 42.7 Å². The number of hydrogen-bond donors (Lipinski definition) is 0. The fraction of sp³-hybridized carbons (Fsp3) is 0.188. The topological polar surface area (TPSA) is 58.0 Å². The van der Waals surface area contributed by atoms with Crippen molar-refractivity contribution in [2.24, 2.45) is 0 Å². The molecular formula is C32H30N6. The summed E-state index contributed by atoms with van der Waals surface area (Å²) in [5, 5.41) is 0. The highest BCUT2D eigenvalue weighted by molar-refractivity contribution is 5.89. The van der Waals surface area contributed by atoms with E-state index in [1.54, 1.807) is 12.4 Å². The molecule has 1 aliphatic rings. The Balaban J connectivity index is 1.66. The van der Waals surface area contributed by atoms with E-state index in [1.165, 1.54) is 11.3 Å². The van der Waals surface area contributed by atoms with Gasteiger partial charge in [-0.2, -0.15) is 0 Å². The molecule has 38 heavy (non-hydrogen) atoms. The van der Waals surface area contributed by atoms with Crippen molar-refractivity contribution in [2.75, 3.05) is 9.80 Å². The van der Waals surface area contributed by atoms with Crippen LogP contribution >= 0.6 is 0 Å². The van der Waals surface area contributed by atoms with Crippen LogP contribution in [-0.4, -0.2) is 26.1 Å². The van der Waals surface area contributed by atoms with E-state index in [0.717, 1.165) is 59.1 Å². The van der Waals surface area contributed by atoms with Crippen LogP contribution in [0, 0.1) is 0 Å². The maximum atomic E-state index is 5.39. The Hall–Kier alpha value is -4.58. The average Bonchev–Trinajstić information content (AvgIpc) is 3.31. The van der Waals surface area contributed by atoms with E-state index < -0.39 is 0 Å². The van der Waals surface area contributed by atoms with Gasteiger partial charge < -0.3 is 9.80 Å². The molecule has 6 nitrogen and oxygen atoms in total. The third-order valence-electron chi connectivity index (χ3n) is 6.95. The first-order chi connectivity index (χ1) is 18.8. The summed E-state index contributed by atoms with van der Waals surface area (Å²) in [5.41, 5.74) is 7.03. The number of fused-ring (bicyclic) bond motifs is 1. The van der Waals surface area contributed by atoms with Crippen LogP contribution in [0.2, 0.25) is 0 Å². The van der Waals surface area contributed by atoms with Gasteiger partial charge in [0, 0.05) is 47.3 Å². The number of rotatable bonds is 7. The number of aromatic nitrogens is 4. The second-order valence-electron chi connectivity index (χ2n) is 9.39. The minimum atomic E-state index is 0.0244. The van der Waals surface area contributed by atoms with Crippen molar-refractivity contribution >= 4 is 23.0 Å². The van der Waals surface area contributed by atoms with Crippen LogP contribution in [0.25, 0.3) is 22.5 Å². The number of para-hydroxylation sites is 2. The first-order valence-corrected chi connectivity index (χ1v) is 13.2. The maximum absolute atomic E-state index is 5.39. The number of anilines is 4. The van der Waals surface area contributed by atoms with Gasteiger partial charge in [-0.05, 0) is 60.9 Å². The van der Waals surface area contributed by atoms with Crippen LogP contribution in [0.15, 0.2) is 104 Å². The molecule has 3 aromatic heterocycles. The zero-order valence-electron chi connectivity index (χ0n) is 21.7. The van der Waals surface area contributed by atoms with Gasteiger partial charge in [0.15, 0.2) is 11.6 Å². The first-order valence-electron chi connectivity index (χ1n) is 13.2. The van der Waals surface area contributed by atoms with E-state index in [9.17, 15) is 0 Å². The van der Waals surface area contributed by atoms with Crippen molar-refractivity contribution in [3.05, 3.63) is 109 Å². The first kappa shape index (κ1) is 23.8. The molecule has 0 spiro atoms. The van der Waals surface area contributed by atoms with Gasteiger partial charge in [-0.25, -0.2) is 9.97 Å². The Morgan fingerprint density at radius 3 is 1.84 bits per heavy atom. The third-order valence-corrected chi connectivity index (χ3v) is 6.95. The molecule has 0 aliphatic carbocycles. The van der Waals surface area contributed by atoms with E-state index in [4.69, 9.17) is 9.97 Å². The second kappa shape index (κ2) is 10.4. The number of pyridine rings is 2. The quantitative estimate of drug-likeness (QED) is 0.231. The van der Waals surface area contributed by atoms with Crippen LogP contribution < -0.4 is 9.80 Å². The summed E-state index contributed by atoms with van der Waals surface area (Å²) in [6, 6.07) is 27.1. The molecule has 4 heterocycles. The van der Waals surface area contributed by atoms with Gasteiger partial charge in [0.05, 0.1) is 0 Å². The molecule has 188 valence electrons. The highest BCUT2D eigenvalue weighted by atomic mass is 15.5. The predicted molar refractivity (Wildman–Crippen MR) is 154 cm³/mol. The lowest BCUT2D eigenvalue weighted by molar-refractivity contribution is 0.660. The molecule has 0 amide bonds. The van der Waals surface area contributed by atoms with Gasteiger partial charge in [0.25, 0.3) is 0 Å². The molecule has 0 saturated heterocycles. The van der Waals surface area contributed by atoms with Crippen molar-refractivity contribution in [3.63, 3.8) is 0 Å². The molecule has 0 bridgehead atoms. The molecule has 0 saturated carbocycles. The minimum Gasteiger partial charge on any atom is -0.302 e. The van der Waals surface area contributed by atoms with Gasteiger partial charge in [-0.1, -0.05) is 56.7 Å². The Labute approximate surface area is 223 Å². The van der Waals surface area contributed by atoms with Gasteiger partial charge in [0.1, 0.15) is 17.6 Å². The predicted octanol–water partition coefficient (Wildman–Crippen LogP) is 7.58. The standard InChI is InChI=1S/C32H30N6/c1-3-12-23-13-8-9-18-27(23)38-28(4-2)37(26-16-6-5-7-17-26)31-32(38)36-30(25-15-11-20-34-22-25)29(35-31)24-14-10-19-33-21-24/h5-11,13-22,28H,3-4,12H2,1-2H3. The Kier molecular flexibility index (Phi) is 6.53. The third kappa shape index (κ3) is 4.18. The largest absolute Gasteiger partial charge is 0.302 e. The normalized spacial score (nSPS) is 14.5. The van der Waals surface area contributed by atoms with Crippen molar-refractivity contribution in [3.8, 4) is 22.5 Å². The van der Waals surface area contributed by atoms with Gasteiger partial charge in [-0.3, -0.25) is 9.97 Å². The van der Waals surface area contributed by atoms with Gasteiger partial charge >= 0.3 is 0 Å². The van der Waals surface area contributed by atoms with E-state index >= 15 is 0 Å². The molecular weight excluding hydrogens is 468 g/mol. The minimum absolute atomic E-state index is 0.0244. The Morgan fingerprint density at radius 2 is 1.26 bits per heavy atom.